The standard InChI is InChI=1S/C16H30N2O3/c1-2-21-16(19)14-20-13-12-17-10-6-15(7-11-17)18-8-4-3-5-9-18/h15H,2-14H2,1H3. The lowest BCUT2D eigenvalue weighted by Gasteiger charge is -2.40. The molecule has 2 fully saturated rings. The molecule has 0 atom stereocenters. The highest BCUT2D eigenvalue weighted by Crippen LogP contribution is 2.20. The molecule has 0 saturated carbocycles. The maximum absolute atomic E-state index is 11.1. The van der Waals surface area contributed by atoms with Gasteiger partial charge in [0, 0.05) is 12.6 Å². The van der Waals surface area contributed by atoms with Gasteiger partial charge in [-0.2, -0.15) is 0 Å². The Hall–Kier alpha value is -0.650. The van der Waals surface area contributed by atoms with Gasteiger partial charge in [-0.05, 0) is 58.8 Å². The molecule has 2 aliphatic rings. The summed E-state index contributed by atoms with van der Waals surface area (Å²) in [7, 11) is 0. The first-order valence-corrected chi connectivity index (χ1v) is 8.49. The van der Waals surface area contributed by atoms with E-state index in [-0.39, 0.29) is 12.6 Å². The molecule has 0 aromatic carbocycles. The van der Waals surface area contributed by atoms with Crippen molar-refractivity contribution in [1.29, 1.82) is 0 Å². The Labute approximate surface area is 128 Å². The summed E-state index contributed by atoms with van der Waals surface area (Å²) in [5, 5.41) is 0. The van der Waals surface area contributed by atoms with E-state index in [1.54, 1.807) is 0 Å². The molecular formula is C16H30N2O3. The summed E-state index contributed by atoms with van der Waals surface area (Å²) in [6.45, 7) is 8.77. The molecule has 0 spiro atoms. The Bertz CT molecular complexity index is 298. The zero-order valence-electron chi connectivity index (χ0n) is 13.4. The quantitative estimate of drug-likeness (QED) is 0.526. The Morgan fingerprint density at radius 1 is 1.10 bits per heavy atom. The van der Waals surface area contributed by atoms with Crippen molar-refractivity contribution in [1.82, 2.24) is 9.80 Å². The van der Waals surface area contributed by atoms with Crippen molar-refractivity contribution in [2.45, 2.75) is 45.1 Å². The van der Waals surface area contributed by atoms with Gasteiger partial charge in [0.05, 0.1) is 13.2 Å². The van der Waals surface area contributed by atoms with E-state index in [0.29, 0.717) is 13.2 Å². The monoisotopic (exact) mass is 298 g/mol. The first-order chi connectivity index (χ1) is 10.3. The molecule has 0 aliphatic carbocycles. The lowest BCUT2D eigenvalue weighted by Crippen LogP contribution is -2.47. The number of ether oxygens (including phenoxy) is 2. The Kier molecular flexibility index (Phi) is 7.47. The third kappa shape index (κ3) is 5.93. The average molecular weight is 298 g/mol. The van der Waals surface area contributed by atoms with Crippen molar-refractivity contribution in [3.63, 3.8) is 0 Å². The van der Waals surface area contributed by atoms with Gasteiger partial charge in [-0.3, -0.25) is 0 Å². The molecule has 122 valence electrons. The van der Waals surface area contributed by atoms with E-state index in [0.717, 1.165) is 25.7 Å². The summed E-state index contributed by atoms with van der Waals surface area (Å²) >= 11 is 0. The van der Waals surface area contributed by atoms with Crippen molar-refractivity contribution in [2.24, 2.45) is 0 Å². The van der Waals surface area contributed by atoms with Gasteiger partial charge < -0.3 is 19.3 Å². The number of rotatable bonds is 7. The molecule has 5 heteroatoms. The van der Waals surface area contributed by atoms with Gasteiger partial charge in [-0.1, -0.05) is 6.42 Å². The van der Waals surface area contributed by atoms with Crippen LogP contribution in [0.2, 0.25) is 0 Å². The summed E-state index contributed by atoms with van der Waals surface area (Å²) in [6.07, 6.45) is 6.72. The van der Waals surface area contributed by atoms with Gasteiger partial charge in [0.1, 0.15) is 6.61 Å². The predicted molar refractivity (Wildman–Crippen MR) is 82.3 cm³/mol. The number of carbonyl (C=O) groups is 1. The van der Waals surface area contributed by atoms with Crippen molar-refractivity contribution in [3.05, 3.63) is 0 Å². The topological polar surface area (TPSA) is 42.0 Å². The van der Waals surface area contributed by atoms with Crippen LogP contribution >= 0.6 is 0 Å². The zero-order chi connectivity index (χ0) is 14.9. The molecule has 21 heavy (non-hydrogen) atoms. The highest BCUT2D eigenvalue weighted by molar-refractivity contribution is 5.70. The Morgan fingerprint density at radius 3 is 2.48 bits per heavy atom. The Morgan fingerprint density at radius 2 is 1.81 bits per heavy atom. The fraction of sp³-hybridized carbons (Fsp3) is 0.938. The molecular weight excluding hydrogens is 268 g/mol. The van der Waals surface area contributed by atoms with Crippen LogP contribution < -0.4 is 0 Å². The SMILES string of the molecule is CCOC(=O)COCCN1CCC(N2CCCCC2)CC1. The van der Waals surface area contributed by atoms with E-state index in [1.807, 2.05) is 6.92 Å². The first kappa shape index (κ1) is 16.7. The van der Waals surface area contributed by atoms with Crippen molar-refractivity contribution < 1.29 is 14.3 Å². The van der Waals surface area contributed by atoms with Crippen LogP contribution in [0.15, 0.2) is 0 Å². The molecule has 0 aromatic rings. The lowest BCUT2D eigenvalue weighted by atomic mass is 10.00. The van der Waals surface area contributed by atoms with E-state index < -0.39 is 0 Å². The number of hydrogen-bond donors (Lipinski definition) is 0. The zero-order valence-corrected chi connectivity index (χ0v) is 13.4. The van der Waals surface area contributed by atoms with Gasteiger partial charge >= 0.3 is 5.97 Å². The maximum atomic E-state index is 11.1. The number of esters is 1. The van der Waals surface area contributed by atoms with Crippen LogP contribution in [0.5, 0.6) is 0 Å². The fourth-order valence-corrected chi connectivity index (χ4v) is 3.34. The molecule has 0 unspecified atom stereocenters. The molecule has 2 heterocycles. The minimum absolute atomic E-state index is 0.0814. The second-order valence-corrected chi connectivity index (χ2v) is 6.03. The smallest absolute Gasteiger partial charge is 0.332 e. The summed E-state index contributed by atoms with van der Waals surface area (Å²) in [5.74, 6) is -0.263. The van der Waals surface area contributed by atoms with Crippen LogP contribution in [0.3, 0.4) is 0 Å². The highest BCUT2D eigenvalue weighted by atomic mass is 16.6. The van der Waals surface area contributed by atoms with Crippen LogP contribution in [0.25, 0.3) is 0 Å². The van der Waals surface area contributed by atoms with E-state index in [2.05, 4.69) is 9.80 Å². The molecule has 5 nitrogen and oxygen atoms in total. The second kappa shape index (κ2) is 9.38. The number of carbonyl (C=O) groups excluding carboxylic acids is 1. The van der Waals surface area contributed by atoms with E-state index in [4.69, 9.17) is 9.47 Å². The van der Waals surface area contributed by atoms with Crippen LogP contribution in [-0.4, -0.2) is 74.4 Å². The fourth-order valence-electron chi connectivity index (χ4n) is 3.34. The molecule has 0 amide bonds. The molecule has 2 rings (SSSR count). The summed E-state index contributed by atoms with van der Waals surface area (Å²) in [4.78, 5) is 16.3. The van der Waals surface area contributed by atoms with Gasteiger partial charge in [-0.25, -0.2) is 4.79 Å². The van der Waals surface area contributed by atoms with E-state index >= 15 is 0 Å². The molecule has 2 saturated heterocycles. The third-order valence-corrected chi connectivity index (χ3v) is 4.54. The second-order valence-electron chi connectivity index (χ2n) is 6.03. The molecule has 2 aliphatic heterocycles. The van der Waals surface area contributed by atoms with E-state index in [1.165, 1.54) is 45.2 Å². The van der Waals surface area contributed by atoms with Crippen LogP contribution in [0.4, 0.5) is 0 Å². The predicted octanol–water partition coefficient (Wildman–Crippen LogP) is 1.52. The van der Waals surface area contributed by atoms with Gasteiger partial charge in [-0.15, -0.1) is 0 Å². The minimum Gasteiger partial charge on any atom is -0.464 e. The van der Waals surface area contributed by atoms with E-state index in [9.17, 15) is 4.79 Å². The van der Waals surface area contributed by atoms with Crippen LogP contribution in [0, 0.1) is 0 Å². The lowest BCUT2D eigenvalue weighted by molar-refractivity contribution is -0.148. The van der Waals surface area contributed by atoms with Crippen molar-refractivity contribution in [3.8, 4) is 0 Å². The van der Waals surface area contributed by atoms with Crippen molar-refractivity contribution >= 4 is 5.97 Å². The maximum Gasteiger partial charge on any atom is 0.332 e. The number of likely N-dealkylation sites (tertiary alicyclic amines) is 2. The number of hydrogen-bond acceptors (Lipinski definition) is 5. The van der Waals surface area contributed by atoms with Crippen LogP contribution in [0.1, 0.15) is 39.0 Å². The summed E-state index contributed by atoms with van der Waals surface area (Å²) in [5.41, 5.74) is 0. The molecule has 0 N–H and O–H groups in total. The molecule has 0 bridgehead atoms. The van der Waals surface area contributed by atoms with Crippen LogP contribution in [-0.2, 0) is 14.3 Å². The van der Waals surface area contributed by atoms with Crippen molar-refractivity contribution in [2.75, 3.05) is 52.5 Å². The summed E-state index contributed by atoms with van der Waals surface area (Å²) in [6, 6.07) is 0.794. The van der Waals surface area contributed by atoms with Gasteiger partial charge in [0.15, 0.2) is 0 Å². The number of nitrogens with zero attached hydrogens (tertiary/aromatic N) is 2. The van der Waals surface area contributed by atoms with Gasteiger partial charge in [0.2, 0.25) is 0 Å². The minimum atomic E-state index is -0.263. The number of piperidine rings is 2. The summed E-state index contributed by atoms with van der Waals surface area (Å²) < 4.78 is 10.2. The normalized spacial score (nSPS) is 22.3. The molecule has 0 aromatic heterocycles. The third-order valence-electron chi connectivity index (χ3n) is 4.54. The van der Waals surface area contributed by atoms with Gasteiger partial charge in [0.25, 0.3) is 0 Å². The molecule has 0 radical (unpaired) electrons. The Balaban J connectivity index is 1.53. The largest absolute Gasteiger partial charge is 0.464 e. The first-order valence-electron chi connectivity index (χ1n) is 8.49. The highest BCUT2D eigenvalue weighted by Gasteiger charge is 2.25. The average Bonchev–Trinajstić information content (AvgIpc) is 2.53.